The maximum atomic E-state index is 12.6. The van der Waals surface area contributed by atoms with E-state index in [-0.39, 0.29) is 17.0 Å². The van der Waals surface area contributed by atoms with E-state index < -0.39 is 11.7 Å². The molecule has 0 saturated carbocycles. The second kappa shape index (κ2) is 6.32. The summed E-state index contributed by atoms with van der Waals surface area (Å²) in [5, 5.41) is -0.00630. The Labute approximate surface area is 131 Å². The first-order chi connectivity index (χ1) is 10.2. The van der Waals surface area contributed by atoms with Crippen LogP contribution in [0.5, 0.6) is 0 Å². The highest BCUT2D eigenvalue weighted by Crippen LogP contribution is 2.34. The molecule has 1 aliphatic heterocycles. The van der Waals surface area contributed by atoms with Gasteiger partial charge in [0.15, 0.2) is 0 Å². The predicted octanol–water partition coefficient (Wildman–Crippen LogP) is 3.20. The number of nitrogens with zero attached hydrogens (tertiary/aromatic N) is 3. The van der Waals surface area contributed by atoms with Gasteiger partial charge in [0.2, 0.25) is 5.91 Å². The van der Waals surface area contributed by atoms with Gasteiger partial charge in [-0.1, -0.05) is 11.6 Å². The number of aromatic nitrogens is 1. The molecule has 1 aromatic heterocycles. The Balaban J connectivity index is 2.07. The van der Waals surface area contributed by atoms with Crippen molar-refractivity contribution in [3.05, 3.63) is 22.8 Å². The zero-order chi connectivity index (χ0) is 16.5. The van der Waals surface area contributed by atoms with E-state index in [2.05, 4.69) is 4.98 Å². The van der Waals surface area contributed by atoms with Gasteiger partial charge < -0.3 is 9.80 Å². The van der Waals surface area contributed by atoms with E-state index in [0.29, 0.717) is 18.9 Å². The fourth-order valence-corrected chi connectivity index (χ4v) is 2.83. The predicted molar refractivity (Wildman–Crippen MR) is 77.9 cm³/mol. The topological polar surface area (TPSA) is 36.4 Å². The highest BCUT2D eigenvalue weighted by atomic mass is 35.5. The van der Waals surface area contributed by atoms with E-state index in [9.17, 15) is 18.0 Å². The lowest BCUT2D eigenvalue weighted by Crippen LogP contribution is -2.45. The van der Waals surface area contributed by atoms with Crippen LogP contribution in [0, 0.1) is 0 Å². The van der Waals surface area contributed by atoms with Crippen molar-refractivity contribution in [2.75, 3.05) is 25.0 Å². The molecule has 0 spiro atoms. The van der Waals surface area contributed by atoms with Crippen molar-refractivity contribution < 1.29 is 18.0 Å². The minimum Gasteiger partial charge on any atom is -0.355 e. The molecule has 0 bridgehead atoms. The smallest absolute Gasteiger partial charge is 0.355 e. The molecule has 2 heterocycles. The molecule has 4 nitrogen and oxygen atoms in total. The number of alkyl halides is 3. The van der Waals surface area contributed by atoms with Gasteiger partial charge in [-0.2, -0.15) is 13.2 Å². The van der Waals surface area contributed by atoms with Crippen LogP contribution in [0.25, 0.3) is 0 Å². The number of pyridine rings is 1. The molecular weight excluding hydrogens is 319 g/mol. The van der Waals surface area contributed by atoms with Crippen LogP contribution in [-0.2, 0) is 11.0 Å². The molecule has 1 aliphatic rings. The molecule has 0 aliphatic carbocycles. The molecule has 1 aromatic rings. The fraction of sp³-hybridized carbons (Fsp3) is 0.571. The highest BCUT2D eigenvalue weighted by Gasteiger charge is 2.32. The molecular formula is C14H17ClF3N3O. The summed E-state index contributed by atoms with van der Waals surface area (Å²) in [6, 6.07) is 1.04. The molecule has 122 valence electrons. The van der Waals surface area contributed by atoms with Crippen LogP contribution < -0.4 is 4.90 Å². The highest BCUT2D eigenvalue weighted by molar-refractivity contribution is 6.33. The van der Waals surface area contributed by atoms with Gasteiger partial charge in [-0.15, -0.1) is 0 Å². The van der Waals surface area contributed by atoms with Crippen molar-refractivity contribution in [2.24, 2.45) is 0 Å². The monoisotopic (exact) mass is 335 g/mol. The SMILES string of the molecule is CC(=O)N(C)C1CCN(c2ncc(C(F)(F)F)cc2Cl)CC1. The Morgan fingerprint density at radius 3 is 2.45 bits per heavy atom. The number of carbonyl (C=O) groups is 1. The summed E-state index contributed by atoms with van der Waals surface area (Å²) in [5.74, 6) is 0.364. The third-order valence-corrected chi connectivity index (χ3v) is 4.24. The van der Waals surface area contributed by atoms with Crippen molar-refractivity contribution in [3.63, 3.8) is 0 Å². The van der Waals surface area contributed by atoms with E-state index in [0.717, 1.165) is 25.1 Å². The normalized spacial score (nSPS) is 16.7. The number of anilines is 1. The summed E-state index contributed by atoms with van der Waals surface area (Å²) >= 11 is 5.95. The zero-order valence-electron chi connectivity index (χ0n) is 12.3. The first-order valence-electron chi connectivity index (χ1n) is 6.91. The Bertz CT molecular complexity index is 557. The summed E-state index contributed by atoms with van der Waals surface area (Å²) in [6.07, 6.45) is -2.19. The molecule has 0 N–H and O–H groups in total. The molecule has 22 heavy (non-hydrogen) atoms. The molecule has 1 amide bonds. The van der Waals surface area contributed by atoms with Crippen molar-refractivity contribution in [1.29, 1.82) is 0 Å². The van der Waals surface area contributed by atoms with Crippen molar-refractivity contribution in [2.45, 2.75) is 32.0 Å². The molecule has 0 aromatic carbocycles. The largest absolute Gasteiger partial charge is 0.417 e. The second-order valence-electron chi connectivity index (χ2n) is 5.38. The van der Waals surface area contributed by atoms with Gasteiger partial charge in [-0.3, -0.25) is 4.79 Å². The number of piperidine rings is 1. The molecule has 0 atom stereocenters. The number of hydrogen-bond donors (Lipinski definition) is 0. The third kappa shape index (κ3) is 3.63. The molecule has 1 fully saturated rings. The second-order valence-corrected chi connectivity index (χ2v) is 5.78. The first-order valence-corrected chi connectivity index (χ1v) is 7.29. The number of amides is 1. The van der Waals surface area contributed by atoms with Crippen molar-refractivity contribution in [3.8, 4) is 0 Å². The van der Waals surface area contributed by atoms with Crippen LogP contribution in [0.4, 0.5) is 19.0 Å². The minimum absolute atomic E-state index is 0.00383. The Kier molecular flexibility index (Phi) is 4.84. The lowest BCUT2D eigenvalue weighted by Gasteiger charge is -2.37. The average molecular weight is 336 g/mol. The van der Waals surface area contributed by atoms with Gasteiger partial charge in [0, 0.05) is 39.3 Å². The lowest BCUT2D eigenvalue weighted by molar-refractivity contribution is -0.137. The molecule has 2 rings (SSSR count). The maximum Gasteiger partial charge on any atom is 0.417 e. The van der Waals surface area contributed by atoms with E-state index in [1.54, 1.807) is 11.9 Å². The zero-order valence-corrected chi connectivity index (χ0v) is 13.1. The van der Waals surface area contributed by atoms with E-state index in [1.807, 2.05) is 4.90 Å². The number of hydrogen-bond acceptors (Lipinski definition) is 3. The Morgan fingerprint density at radius 1 is 1.41 bits per heavy atom. The molecule has 0 radical (unpaired) electrons. The average Bonchev–Trinajstić information content (AvgIpc) is 2.45. The van der Waals surface area contributed by atoms with Gasteiger partial charge in [-0.25, -0.2) is 4.98 Å². The van der Waals surface area contributed by atoms with E-state index in [1.165, 1.54) is 6.92 Å². The summed E-state index contributed by atoms with van der Waals surface area (Å²) < 4.78 is 37.8. The van der Waals surface area contributed by atoms with Crippen molar-refractivity contribution in [1.82, 2.24) is 9.88 Å². The van der Waals surface area contributed by atoms with Crippen LogP contribution in [0.3, 0.4) is 0 Å². The summed E-state index contributed by atoms with van der Waals surface area (Å²) in [7, 11) is 1.76. The Hall–Kier alpha value is -1.50. The van der Waals surface area contributed by atoms with Gasteiger partial charge in [-0.05, 0) is 18.9 Å². The fourth-order valence-electron chi connectivity index (χ4n) is 2.54. The van der Waals surface area contributed by atoms with Crippen molar-refractivity contribution >= 4 is 23.3 Å². The van der Waals surface area contributed by atoms with Gasteiger partial charge in [0.05, 0.1) is 10.6 Å². The first kappa shape index (κ1) is 16.9. The van der Waals surface area contributed by atoms with Crippen LogP contribution in [0.2, 0.25) is 5.02 Å². The van der Waals surface area contributed by atoms with Crippen LogP contribution in [-0.4, -0.2) is 42.0 Å². The summed E-state index contributed by atoms with van der Waals surface area (Å²) in [4.78, 5) is 18.8. The van der Waals surface area contributed by atoms with E-state index in [4.69, 9.17) is 11.6 Å². The number of carbonyl (C=O) groups excluding carboxylic acids is 1. The van der Waals surface area contributed by atoms with Crippen LogP contribution in [0.15, 0.2) is 12.3 Å². The van der Waals surface area contributed by atoms with Crippen LogP contribution in [0.1, 0.15) is 25.3 Å². The van der Waals surface area contributed by atoms with E-state index >= 15 is 0 Å². The maximum absolute atomic E-state index is 12.6. The summed E-state index contributed by atoms with van der Waals surface area (Å²) in [6.45, 7) is 2.71. The van der Waals surface area contributed by atoms with Gasteiger partial charge in [0.1, 0.15) is 5.82 Å². The van der Waals surface area contributed by atoms with Crippen LogP contribution >= 0.6 is 11.6 Å². The van der Waals surface area contributed by atoms with Gasteiger partial charge >= 0.3 is 6.18 Å². The quantitative estimate of drug-likeness (QED) is 0.832. The molecule has 1 saturated heterocycles. The number of rotatable bonds is 2. The summed E-state index contributed by atoms with van der Waals surface area (Å²) in [5.41, 5.74) is -0.854. The Morgan fingerprint density at radius 2 is 2.00 bits per heavy atom. The lowest BCUT2D eigenvalue weighted by atomic mass is 10.0. The molecule has 0 unspecified atom stereocenters. The number of halogens is 4. The minimum atomic E-state index is -4.45. The molecule has 8 heteroatoms. The third-order valence-electron chi connectivity index (χ3n) is 3.96. The standard InChI is InChI=1S/C14H17ClF3N3O/c1-9(22)20(2)11-3-5-21(6-4-11)13-12(15)7-10(8-19-13)14(16,17)18/h7-8,11H,3-6H2,1-2H3. The van der Waals surface area contributed by atoms with Gasteiger partial charge in [0.25, 0.3) is 0 Å².